The normalized spacial score (nSPS) is 10.7. The van der Waals surface area contributed by atoms with Crippen molar-refractivity contribution in [3.05, 3.63) is 132 Å². The van der Waals surface area contributed by atoms with Crippen molar-refractivity contribution < 1.29 is 38.4 Å². The molecular weight excluding hydrogens is 573 g/mol. The minimum Gasteiger partial charge on any atom is -0.423 e. The molecule has 0 fully saturated rings. The van der Waals surface area contributed by atoms with E-state index in [1.807, 2.05) is 48.1 Å². The van der Waals surface area contributed by atoms with Crippen LogP contribution in [0.1, 0.15) is 34.8 Å². The third-order valence-electron chi connectivity index (χ3n) is 7.32. The topological polar surface area (TPSA) is 130 Å². The van der Waals surface area contributed by atoms with Gasteiger partial charge < -0.3 is 30.7 Å². The molecule has 9 nitrogen and oxygen atoms in total. The molecule has 2 aromatic carbocycles. The lowest BCUT2D eigenvalue weighted by atomic mass is 9.77. The number of amides is 1. The lowest BCUT2D eigenvalue weighted by Crippen LogP contribution is -2.42. The smallest absolute Gasteiger partial charge is 0.423 e. The predicted molar refractivity (Wildman–Crippen MR) is 172 cm³/mol. The van der Waals surface area contributed by atoms with E-state index in [1.165, 1.54) is 12.1 Å². The molecule has 12 heteroatoms. The summed E-state index contributed by atoms with van der Waals surface area (Å²) in [7, 11) is -3.37. The average molecular weight is 610 g/mol. The van der Waals surface area contributed by atoms with Crippen molar-refractivity contribution in [2.45, 2.75) is 26.4 Å². The van der Waals surface area contributed by atoms with E-state index >= 15 is 0 Å². The fraction of sp³-hybridized carbons (Fsp3) is 0.182. The van der Waals surface area contributed by atoms with Crippen LogP contribution in [0.15, 0.2) is 110 Å². The summed E-state index contributed by atoms with van der Waals surface area (Å²) in [6, 6.07) is 16.3. The Hall–Kier alpha value is -4.61. The van der Waals surface area contributed by atoms with Gasteiger partial charge in [-0.3, -0.25) is 4.79 Å². The highest BCUT2D eigenvalue weighted by atomic mass is 19.1. The maximum absolute atomic E-state index is 14.1. The van der Waals surface area contributed by atoms with Crippen LogP contribution in [0.3, 0.4) is 0 Å². The fourth-order valence-corrected chi connectivity index (χ4v) is 4.83. The van der Waals surface area contributed by atoms with Crippen molar-refractivity contribution in [1.82, 2.24) is 10.6 Å². The number of allylic oxidation sites excluding steroid dienone is 1. The first kappa shape index (κ1) is 33.3. The molecule has 2 heterocycles. The van der Waals surface area contributed by atoms with E-state index in [-0.39, 0.29) is 17.9 Å². The summed E-state index contributed by atoms with van der Waals surface area (Å²) >= 11 is 0. The van der Waals surface area contributed by atoms with E-state index < -0.39 is 20.1 Å². The van der Waals surface area contributed by atoms with E-state index in [9.17, 15) is 29.3 Å². The van der Waals surface area contributed by atoms with Crippen LogP contribution in [0.25, 0.3) is 11.1 Å². The van der Waals surface area contributed by atoms with Crippen LogP contribution >= 0.6 is 0 Å². The lowest BCUT2D eigenvalue weighted by molar-refractivity contribution is -0.688. The summed E-state index contributed by atoms with van der Waals surface area (Å²) in [6.07, 6.45) is 7.81. The van der Waals surface area contributed by atoms with Gasteiger partial charge in [-0.2, -0.15) is 4.57 Å². The van der Waals surface area contributed by atoms with Crippen molar-refractivity contribution in [2.24, 2.45) is 0 Å². The molecule has 0 aliphatic rings. The Bertz CT molecular complexity index is 1680. The summed E-state index contributed by atoms with van der Waals surface area (Å²) in [4.78, 5) is 13.3. The van der Waals surface area contributed by atoms with Gasteiger partial charge in [0, 0.05) is 47.6 Å². The highest BCUT2D eigenvalue weighted by molar-refractivity contribution is 6.59. The molecule has 0 saturated carbocycles. The van der Waals surface area contributed by atoms with Crippen molar-refractivity contribution in [1.29, 1.82) is 0 Å². The van der Waals surface area contributed by atoms with Crippen LogP contribution in [0.5, 0.6) is 0 Å². The number of hydrogen-bond acceptors (Lipinski definition) is 6. The molecule has 4 aromatic rings. The molecular formula is C33H37B2FN4O5+2. The van der Waals surface area contributed by atoms with Gasteiger partial charge in [-0.15, -0.1) is 0 Å². The molecule has 6 N–H and O–H groups in total. The quantitative estimate of drug-likeness (QED) is 0.0529. The van der Waals surface area contributed by atoms with Crippen molar-refractivity contribution in [3.8, 4) is 11.1 Å². The summed E-state index contributed by atoms with van der Waals surface area (Å²) < 4.78 is 17.8. The number of nitrogens with zero attached hydrogens (tertiary/aromatic N) is 2. The first-order valence-corrected chi connectivity index (χ1v) is 14.5. The second-order valence-corrected chi connectivity index (χ2v) is 10.8. The Balaban J connectivity index is 1.60. The molecule has 0 spiro atoms. The number of pyridine rings is 2. The standard InChI is InChI=1S/C33H36B2FN4O5/c1-23(2)24(3)37-13-6-14-38-33(41)29-17-27(20-40(22-29)21-28-18-30(36)9-10-32(28)35(44)45)25-11-15-39(16-12-25)19-26-7-4-5-8-31(26)34(42)43/h4-5,7-12,15-18,20,22,37,42-45H,1,3,6,13-14,19,21H2,2H3/q+1/p+1. The van der Waals surface area contributed by atoms with Gasteiger partial charge in [-0.1, -0.05) is 43.5 Å². The number of halogens is 1. The Kier molecular flexibility index (Phi) is 11.4. The molecule has 4 rings (SSSR count). The molecule has 1 amide bonds. The highest BCUT2D eigenvalue weighted by Gasteiger charge is 2.22. The molecule has 0 unspecified atom stereocenters. The van der Waals surface area contributed by atoms with Gasteiger partial charge in [0.25, 0.3) is 5.91 Å². The molecule has 0 saturated heterocycles. The second-order valence-electron chi connectivity index (χ2n) is 10.8. The molecule has 0 atom stereocenters. The predicted octanol–water partition coefficient (Wildman–Crippen LogP) is 0.323. The van der Waals surface area contributed by atoms with Gasteiger partial charge in [0.05, 0.1) is 0 Å². The SMILES string of the molecule is C=C(C)C(=C)NCCCNC(=O)c1cc(-c2cc[n+](Cc3ccccc3B(O)O)cc2)c[n+](Cc2cc(F)ccc2B(O)O)c1. The zero-order chi connectivity index (χ0) is 32.5. The number of aromatic nitrogens is 2. The Morgan fingerprint density at radius 2 is 1.44 bits per heavy atom. The van der Waals surface area contributed by atoms with Crippen LogP contribution in [-0.2, 0) is 13.1 Å². The van der Waals surface area contributed by atoms with E-state index in [0.717, 1.165) is 28.5 Å². The van der Waals surface area contributed by atoms with Crippen molar-refractivity contribution >= 4 is 31.1 Å². The summed E-state index contributed by atoms with van der Waals surface area (Å²) in [5.74, 6) is -0.814. The van der Waals surface area contributed by atoms with Gasteiger partial charge in [-0.25, -0.2) is 8.96 Å². The molecule has 0 bridgehead atoms. The van der Waals surface area contributed by atoms with Gasteiger partial charge >= 0.3 is 14.2 Å². The number of carbonyl (C=O) groups excluding carboxylic acids is 1. The maximum Gasteiger partial charge on any atom is 0.488 e. The number of hydrogen-bond donors (Lipinski definition) is 6. The Morgan fingerprint density at radius 3 is 2.13 bits per heavy atom. The van der Waals surface area contributed by atoms with Crippen LogP contribution in [-0.4, -0.2) is 53.3 Å². The average Bonchev–Trinajstić information content (AvgIpc) is 3.01. The molecule has 0 aliphatic carbocycles. The first-order chi connectivity index (χ1) is 21.5. The summed E-state index contributed by atoms with van der Waals surface area (Å²) in [5.41, 5.74) is 5.19. The lowest BCUT2D eigenvalue weighted by Gasteiger charge is -2.11. The Morgan fingerprint density at radius 1 is 0.800 bits per heavy atom. The minimum absolute atomic E-state index is 0.0822. The fourth-order valence-electron chi connectivity index (χ4n) is 4.83. The molecule has 0 radical (unpaired) electrons. The van der Waals surface area contributed by atoms with Gasteiger partial charge in [-0.05, 0) is 53.6 Å². The molecule has 2 aromatic heterocycles. The number of benzene rings is 2. The monoisotopic (exact) mass is 610 g/mol. The van der Waals surface area contributed by atoms with Crippen LogP contribution in [0, 0.1) is 5.82 Å². The Labute approximate surface area is 262 Å². The largest absolute Gasteiger partial charge is 0.488 e. The summed E-state index contributed by atoms with van der Waals surface area (Å²) in [6.45, 7) is 11.1. The van der Waals surface area contributed by atoms with Crippen molar-refractivity contribution in [2.75, 3.05) is 13.1 Å². The maximum atomic E-state index is 14.1. The van der Waals surface area contributed by atoms with E-state index in [4.69, 9.17) is 0 Å². The minimum atomic E-state index is -1.79. The number of carbonyl (C=O) groups is 1. The zero-order valence-corrected chi connectivity index (χ0v) is 25.2. The van der Waals surface area contributed by atoms with Gasteiger partial charge in [0.15, 0.2) is 37.9 Å². The van der Waals surface area contributed by atoms with E-state index in [0.29, 0.717) is 48.2 Å². The number of rotatable bonds is 14. The molecule has 0 aliphatic heterocycles. The van der Waals surface area contributed by atoms with E-state index in [2.05, 4.69) is 23.8 Å². The molecule has 230 valence electrons. The second kappa shape index (κ2) is 15.4. The third-order valence-corrected chi connectivity index (χ3v) is 7.32. The summed E-state index contributed by atoms with van der Waals surface area (Å²) in [5, 5.41) is 45.2. The van der Waals surface area contributed by atoms with Crippen LogP contribution in [0.4, 0.5) is 4.39 Å². The van der Waals surface area contributed by atoms with Crippen molar-refractivity contribution in [3.63, 3.8) is 0 Å². The highest BCUT2D eigenvalue weighted by Crippen LogP contribution is 2.18. The van der Waals surface area contributed by atoms with Crippen LogP contribution < -0.4 is 30.7 Å². The zero-order valence-electron chi connectivity index (χ0n) is 25.2. The van der Waals surface area contributed by atoms with Gasteiger partial charge in [0.2, 0.25) is 0 Å². The van der Waals surface area contributed by atoms with Gasteiger partial charge in [0.1, 0.15) is 11.4 Å². The molecule has 45 heavy (non-hydrogen) atoms. The van der Waals surface area contributed by atoms with Crippen LogP contribution in [0.2, 0.25) is 0 Å². The van der Waals surface area contributed by atoms with E-state index in [1.54, 1.807) is 35.2 Å². The third kappa shape index (κ3) is 9.19. The number of nitrogens with one attached hydrogen (secondary N) is 2. The first-order valence-electron chi connectivity index (χ1n) is 14.5.